The van der Waals surface area contributed by atoms with Gasteiger partial charge in [0, 0.05) is 34.9 Å². The predicted octanol–water partition coefficient (Wildman–Crippen LogP) is 4.51. The highest BCUT2D eigenvalue weighted by atomic mass is 79.9. The van der Waals surface area contributed by atoms with E-state index >= 15 is 0 Å². The Hall–Kier alpha value is -2.45. The SMILES string of the molecule is CCN(CC)c1ccc2c(c1)OC(N)=C(C#N)[C@@H]2c1ccc(Br)cc1. The zero-order valence-corrected chi connectivity index (χ0v) is 15.9. The van der Waals surface area contributed by atoms with Gasteiger partial charge in [0.25, 0.3) is 0 Å². The molecule has 0 spiro atoms. The minimum atomic E-state index is -0.215. The van der Waals surface area contributed by atoms with Crippen LogP contribution in [0.5, 0.6) is 5.75 Å². The molecule has 0 aliphatic carbocycles. The molecule has 1 aliphatic rings. The fraction of sp³-hybridized carbons (Fsp3) is 0.250. The van der Waals surface area contributed by atoms with Crippen molar-refractivity contribution in [3.8, 4) is 11.8 Å². The van der Waals surface area contributed by atoms with Crippen LogP contribution in [0.15, 0.2) is 58.4 Å². The number of nitrogens with two attached hydrogens (primary N) is 1. The van der Waals surface area contributed by atoms with E-state index in [0.717, 1.165) is 34.4 Å². The van der Waals surface area contributed by atoms with E-state index in [9.17, 15) is 5.26 Å². The van der Waals surface area contributed by atoms with Crippen LogP contribution in [0.1, 0.15) is 30.9 Å². The molecule has 0 bridgehead atoms. The Bertz CT molecular complexity index is 848. The Morgan fingerprint density at radius 1 is 1.16 bits per heavy atom. The third-order valence-electron chi connectivity index (χ3n) is 4.53. The number of allylic oxidation sites excluding steroid dienone is 1. The first-order chi connectivity index (χ1) is 12.1. The van der Waals surface area contributed by atoms with Gasteiger partial charge < -0.3 is 15.4 Å². The molecule has 2 aromatic carbocycles. The summed E-state index contributed by atoms with van der Waals surface area (Å²) in [6.07, 6.45) is 0. The number of rotatable bonds is 4. The molecule has 3 rings (SSSR count). The average molecular weight is 398 g/mol. The number of halogens is 1. The number of benzene rings is 2. The standard InChI is InChI=1S/C20H20BrN3O/c1-3-24(4-2)15-9-10-16-18(11-15)25-20(23)17(12-22)19(16)13-5-7-14(21)8-6-13/h5-11,19H,3-4,23H2,1-2H3/t19-/m1/s1. The molecule has 0 saturated carbocycles. The topological polar surface area (TPSA) is 62.3 Å². The van der Waals surface area contributed by atoms with E-state index in [1.807, 2.05) is 36.4 Å². The number of nitriles is 1. The molecular weight excluding hydrogens is 378 g/mol. The monoisotopic (exact) mass is 397 g/mol. The van der Waals surface area contributed by atoms with Crippen molar-refractivity contribution < 1.29 is 4.74 Å². The zero-order valence-electron chi connectivity index (χ0n) is 14.3. The first-order valence-electron chi connectivity index (χ1n) is 8.31. The largest absolute Gasteiger partial charge is 0.440 e. The van der Waals surface area contributed by atoms with Gasteiger partial charge in [0.05, 0.1) is 5.92 Å². The van der Waals surface area contributed by atoms with Crippen LogP contribution in [-0.2, 0) is 0 Å². The summed E-state index contributed by atoms with van der Waals surface area (Å²) in [5.41, 5.74) is 9.58. The van der Waals surface area contributed by atoms with Gasteiger partial charge in [-0.3, -0.25) is 0 Å². The van der Waals surface area contributed by atoms with Crippen LogP contribution in [0.4, 0.5) is 5.69 Å². The molecule has 2 aromatic rings. The second-order valence-corrected chi connectivity index (χ2v) is 6.79. The van der Waals surface area contributed by atoms with Crippen molar-refractivity contribution in [2.45, 2.75) is 19.8 Å². The summed E-state index contributed by atoms with van der Waals surface area (Å²) >= 11 is 3.45. The van der Waals surface area contributed by atoms with E-state index in [4.69, 9.17) is 10.5 Å². The molecule has 0 radical (unpaired) electrons. The Morgan fingerprint density at radius 2 is 1.84 bits per heavy atom. The first-order valence-corrected chi connectivity index (χ1v) is 9.10. The van der Waals surface area contributed by atoms with E-state index in [1.54, 1.807) is 0 Å². The summed E-state index contributed by atoms with van der Waals surface area (Å²) in [6, 6.07) is 16.3. The summed E-state index contributed by atoms with van der Waals surface area (Å²) in [6.45, 7) is 6.08. The minimum Gasteiger partial charge on any atom is -0.440 e. The normalized spacial score (nSPS) is 16.0. The van der Waals surface area contributed by atoms with E-state index in [-0.39, 0.29) is 11.8 Å². The van der Waals surface area contributed by atoms with E-state index < -0.39 is 0 Å². The van der Waals surface area contributed by atoms with Gasteiger partial charge in [-0.2, -0.15) is 5.26 Å². The number of hydrogen-bond acceptors (Lipinski definition) is 4. The Morgan fingerprint density at radius 3 is 2.44 bits per heavy atom. The highest BCUT2D eigenvalue weighted by Gasteiger charge is 2.30. The van der Waals surface area contributed by atoms with Gasteiger partial charge in [-0.25, -0.2) is 0 Å². The molecule has 0 aromatic heterocycles. The van der Waals surface area contributed by atoms with E-state index in [1.165, 1.54) is 0 Å². The van der Waals surface area contributed by atoms with Gasteiger partial charge in [0.1, 0.15) is 17.4 Å². The molecule has 0 unspecified atom stereocenters. The summed E-state index contributed by atoms with van der Waals surface area (Å²) < 4.78 is 6.79. The Kier molecular flexibility index (Phi) is 5.00. The summed E-state index contributed by atoms with van der Waals surface area (Å²) in [7, 11) is 0. The van der Waals surface area contributed by atoms with Crippen molar-refractivity contribution in [2.24, 2.45) is 5.73 Å². The van der Waals surface area contributed by atoms with Gasteiger partial charge in [0.2, 0.25) is 5.88 Å². The molecule has 1 heterocycles. The van der Waals surface area contributed by atoms with Gasteiger partial charge in [-0.15, -0.1) is 0 Å². The van der Waals surface area contributed by atoms with Crippen LogP contribution in [-0.4, -0.2) is 13.1 Å². The lowest BCUT2D eigenvalue weighted by atomic mass is 9.83. The van der Waals surface area contributed by atoms with Crippen molar-refractivity contribution in [3.63, 3.8) is 0 Å². The third-order valence-corrected chi connectivity index (χ3v) is 5.06. The molecule has 4 nitrogen and oxygen atoms in total. The predicted molar refractivity (Wildman–Crippen MR) is 103 cm³/mol. The quantitative estimate of drug-likeness (QED) is 0.823. The minimum absolute atomic E-state index is 0.180. The second kappa shape index (κ2) is 7.20. The smallest absolute Gasteiger partial charge is 0.205 e. The lowest BCUT2D eigenvalue weighted by Crippen LogP contribution is -2.24. The lowest BCUT2D eigenvalue weighted by molar-refractivity contribution is 0.393. The number of nitrogens with zero attached hydrogens (tertiary/aromatic N) is 2. The van der Waals surface area contributed by atoms with Gasteiger partial charge in [-0.05, 0) is 37.6 Å². The van der Waals surface area contributed by atoms with Crippen LogP contribution >= 0.6 is 15.9 Å². The van der Waals surface area contributed by atoms with Crippen LogP contribution in [0.2, 0.25) is 0 Å². The first kappa shape index (κ1) is 17.4. The average Bonchev–Trinajstić information content (AvgIpc) is 2.62. The summed E-state index contributed by atoms with van der Waals surface area (Å²) in [4.78, 5) is 2.25. The van der Waals surface area contributed by atoms with Gasteiger partial charge in [0.15, 0.2) is 0 Å². The van der Waals surface area contributed by atoms with Crippen LogP contribution < -0.4 is 15.4 Å². The van der Waals surface area contributed by atoms with Crippen molar-refractivity contribution in [1.82, 2.24) is 0 Å². The van der Waals surface area contributed by atoms with Gasteiger partial charge >= 0.3 is 0 Å². The Labute approximate surface area is 156 Å². The van der Waals surface area contributed by atoms with E-state index in [2.05, 4.69) is 46.8 Å². The van der Waals surface area contributed by atoms with Crippen molar-refractivity contribution in [2.75, 3.05) is 18.0 Å². The molecule has 5 heteroatoms. The number of anilines is 1. The van der Waals surface area contributed by atoms with E-state index in [0.29, 0.717) is 11.3 Å². The number of hydrogen-bond donors (Lipinski definition) is 1. The maximum atomic E-state index is 9.61. The molecule has 0 fully saturated rings. The third kappa shape index (κ3) is 3.22. The number of ether oxygens (including phenoxy) is 1. The maximum absolute atomic E-state index is 9.61. The molecule has 0 saturated heterocycles. The van der Waals surface area contributed by atoms with Crippen LogP contribution in [0.25, 0.3) is 0 Å². The van der Waals surface area contributed by atoms with Crippen molar-refractivity contribution in [3.05, 3.63) is 69.5 Å². The molecule has 25 heavy (non-hydrogen) atoms. The Balaban J connectivity index is 2.12. The molecule has 128 valence electrons. The second-order valence-electron chi connectivity index (χ2n) is 5.87. The summed E-state index contributed by atoms with van der Waals surface area (Å²) in [5.74, 6) is 0.682. The molecular formula is C20H20BrN3O. The van der Waals surface area contributed by atoms with Gasteiger partial charge in [-0.1, -0.05) is 34.1 Å². The molecule has 0 amide bonds. The highest BCUT2D eigenvalue weighted by Crippen LogP contribution is 2.43. The molecule has 1 atom stereocenters. The molecule has 2 N–H and O–H groups in total. The lowest BCUT2D eigenvalue weighted by Gasteiger charge is -2.29. The highest BCUT2D eigenvalue weighted by molar-refractivity contribution is 9.10. The van der Waals surface area contributed by atoms with Crippen molar-refractivity contribution >= 4 is 21.6 Å². The molecule has 1 aliphatic heterocycles. The maximum Gasteiger partial charge on any atom is 0.205 e. The van der Waals surface area contributed by atoms with Crippen molar-refractivity contribution in [1.29, 1.82) is 5.26 Å². The zero-order chi connectivity index (χ0) is 18.0. The number of fused-ring (bicyclic) bond motifs is 1. The van der Waals surface area contributed by atoms with Crippen LogP contribution in [0, 0.1) is 11.3 Å². The summed E-state index contributed by atoms with van der Waals surface area (Å²) in [5, 5.41) is 9.61. The fourth-order valence-electron chi connectivity index (χ4n) is 3.23. The fourth-order valence-corrected chi connectivity index (χ4v) is 3.49. The van der Waals surface area contributed by atoms with Crippen LogP contribution in [0.3, 0.4) is 0 Å².